The van der Waals surface area contributed by atoms with Crippen LogP contribution in [0.15, 0.2) is 34.8 Å². The van der Waals surface area contributed by atoms with Gasteiger partial charge >= 0.3 is 5.97 Å². The molecule has 1 amide bonds. The van der Waals surface area contributed by atoms with E-state index in [4.69, 9.17) is 5.11 Å². The first-order valence-corrected chi connectivity index (χ1v) is 6.96. The van der Waals surface area contributed by atoms with Crippen LogP contribution in [0, 0.1) is 13.8 Å². The fraction of sp³-hybridized carbons (Fsp3) is 0.133. The first-order valence-electron chi connectivity index (χ1n) is 6.17. The highest BCUT2D eigenvalue weighted by Crippen LogP contribution is 2.21. The van der Waals surface area contributed by atoms with Crippen molar-refractivity contribution in [3.05, 3.63) is 57.3 Å². The number of hydrogen-bond donors (Lipinski definition) is 2. The van der Waals surface area contributed by atoms with Gasteiger partial charge in [-0.2, -0.15) is 0 Å². The topological polar surface area (TPSA) is 79.3 Å². The van der Waals surface area contributed by atoms with Crippen LogP contribution in [0.3, 0.4) is 0 Å². The van der Waals surface area contributed by atoms with Crippen LogP contribution in [0.4, 0.5) is 5.69 Å². The summed E-state index contributed by atoms with van der Waals surface area (Å²) in [6, 6.07) is 8.24. The van der Waals surface area contributed by atoms with Crippen molar-refractivity contribution in [1.29, 1.82) is 0 Å². The van der Waals surface area contributed by atoms with E-state index in [9.17, 15) is 9.59 Å². The number of carboxylic acids is 1. The van der Waals surface area contributed by atoms with Crippen LogP contribution >= 0.6 is 15.9 Å². The third-order valence-corrected chi connectivity index (χ3v) is 3.83. The molecule has 0 spiro atoms. The molecule has 1 aromatic carbocycles. The lowest BCUT2D eigenvalue weighted by Gasteiger charge is -2.08. The number of nitrogens with zero attached hydrogens (tertiary/aromatic N) is 1. The molecule has 6 heteroatoms. The molecule has 2 aromatic rings. The average molecular weight is 349 g/mol. The largest absolute Gasteiger partial charge is 0.478 e. The Labute approximate surface area is 130 Å². The van der Waals surface area contributed by atoms with Crippen LogP contribution in [0.5, 0.6) is 0 Å². The summed E-state index contributed by atoms with van der Waals surface area (Å²) < 4.78 is 0.894. The molecule has 0 aliphatic rings. The van der Waals surface area contributed by atoms with Gasteiger partial charge in [-0.15, -0.1) is 0 Å². The Morgan fingerprint density at radius 1 is 1.19 bits per heavy atom. The molecule has 0 radical (unpaired) electrons. The molecule has 0 aliphatic heterocycles. The van der Waals surface area contributed by atoms with Crippen molar-refractivity contribution in [3.8, 4) is 0 Å². The second kappa shape index (κ2) is 6.05. The van der Waals surface area contributed by atoms with E-state index in [0.29, 0.717) is 11.4 Å². The molecule has 0 atom stereocenters. The van der Waals surface area contributed by atoms with Crippen molar-refractivity contribution in [2.45, 2.75) is 13.8 Å². The minimum atomic E-state index is -1.06. The van der Waals surface area contributed by atoms with Crippen LogP contribution in [-0.4, -0.2) is 22.0 Å². The minimum absolute atomic E-state index is 0.0876. The Morgan fingerprint density at radius 3 is 2.48 bits per heavy atom. The predicted octanol–water partition coefficient (Wildman–Crippen LogP) is 3.41. The van der Waals surface area contributed by atoms with Crippen molar-refractivity contribution in [1.82, 2.24) is 4.98 Å². The van der Waals surface area contributed by atoms with Crippen molar-refractivity contribution < 1.29 is 14.7 Å². The van der Waals surface area contributed by atoms with Crippen LogP contribution < -0.4 is 5.32 Å². The van der Waals surface area contributed by atoms with E-state index in [1.165, 1.54) is 12.1 Å². The van der Waals surface area contributed by atoms with Crippen LogP contribution in [0.2, 0.25) is 0 Å². The molecule has 0 aliphatic carbocycles. The summed E-state index contributed by atoms with van der Waals surface area (Å²) in [4.78, 5) is 27.1. The maximum atomic E-state index is 12.1. The van der Waals surface area contributed by atoms with E-state index >= 15 is 0 Å². The number of hydrogen-bond acceptors (Lipinski definition) is 3. The zero-order valence-electron chi connectivity index (χ0n) is 11.5. The van der Waals surface area contributed by atoms with Gasteiger partial charge in [-0.25, -0.2) is 9.78 Å². The van der Waals surface area contributed by atoms with E-state index in [2.05, 4.69) is 26.2 Å². The van der Waals surface area contributed by atoms with Gasteiger partial charge in [0, 0.05) is 10.2 Å². The van der Waals surface area contributed by atoms with E-state index in [-0.39, 0.29) is 17.2 Å². The highest BCUT2D eigenvalue weighted by atomic mass is 79.9. The molecule has 0 saturated carbocycles. The van der Waals surface area contributed by atoms with Gasteiger partial charge in [-0.1, -0.05) is 22.0 Å². The molecule has 5 nitrogen and oxygen atoms in total. The zero-order valence-corrected chi connectivity index (χ0v) is 13.1. The number of halogens is 1. The number of carbonyl (C=O) groups is 2. The molecule has 1 aromatic heterocycles. The molecule has 21 heavy (non-hydrogen) atoms. The van der Waals surface area contributed by atoms with Gasteiger partial charge < -0.3 is 10.4 Å². The summed E-state index contributed by atoms with van der Waals surface area (Å²) in [5.74, 6) is -1.44. The van der Waals surface area contributed by atoms with Gasteiger partial charge in [-0.05, 0) is 43.7 Å². The van der Waals surface area contributed by atoms with Gasteiger partial charge in [0.1, 0.15) is 5.69 Å². The number of aryl methyl sites for hydroxylation is 2. The normalized spacial score (nSPS) is 10.2. The number of aromatic carboxylic acids is 1. The minimum Gasteiger partial charge on any atom is -0.478 e. The fourth-order valence-electron chi connectivity index (χ4n) is 1.78. The Hall–Kier alpha value is -2.21. The van der Waals surface area contributed by atoms with E-state index in [0.717, 1.165) is 10.0 Å². The van der Waals surface area contributed by atoms with Crippen LogP contribution in [0.25, 0.3) is 0 Å². The summed E-state index contributed by atoms with van der Waals surface area (Å²) in [5.41, 5.74) is 2.27. The Bertz CT molecular complexity index is 729. The van der Waals surface area contributed by atoms with Gasteiger partial charge in [-0.3, -0.25) is 4.79 Å². The van der Waals surface area contributed by atoms with Gasteiger partial charge in [0.15, 0.2) is 0 Å². The Balaban J connectivity index is 2.22. The van der Waals surface area contributed by atoms with Crippen molar-refractivity contribution in [3.63, 3.8) is 0 Å². The summed E-state index contributed by atoms with van der Waals surface area (Å²) in [6.45, 7) is 3.51. The lowest BCUT2D eigenvalue weighted by atomic mass is 10.2. The molecular weight excluding hydrogens is 336 g/mol. The van der Waals surface area contributed by atoms with Crippen molar-refractivity contribution >= 4 is 33.5 Å². The summed E-state index contributed by atoms with van der Waals surface area (Å²) >= 11 is 3.40. The number of benzene rings is 1. The number of nitrogens with one attached hydrogen (secondary N) is 1. The van der Waals surface area contributed by atoms with Crippen LogP contribution in [0.1, 0.15) is 32.1 Å². The number of carbonyl (C=O) groups excluding carboxylic acids is 1. The molecule has 2 N–H and O–H groups in total. The number of carboxylic acid groups (broad SMARTS) is 1. The zero-order chi connectivity index (χ0) is 15.6. The third kappa shape index (κ3) is 3.46. The molecule has 0 unspecified atom stereocenters. The molecule has 0 fully saturated rings. The van der Waals surface area contributed by atoms with E-state index in [1.54, 1.807) is 19.1 Å². The Kier molecular flexibility index (Phi) is 4.37. The third-order valence-electron chi connectivity index (χ3n) is 2.98. The van der Waals surface area contributed by atoms with Gasteiger partial charge in [0.2, 0.25) is 0 Å². The standard InChI is InChI=1S/C15H13BrN2O3/c1-8-3-4-10(7-12(8)16)18-14(19)13-6-5-11(15(20)21)9(2)17-13/h3-7H,1-2H3,(H,18,19)(H,20,21). The maximum Gasteiger partial charge on any atom is 0.337 e. The summed E-state index contributed by atoms with van der Waals surface area (Å²) in [6.07, 6.45) is 0. The predicted molar refractivity (Wildman–Crippen MR) is 82.8 cm³/mol. The Morgan fingerprint density at radius 2 is 1.90 bits per heavy atom. The summed E-state index contributed by atoms with van der Waals surface area (Å²) in [5, 5.41) is 11.7. The van der Waals surface area contributed by atoms with Crippen molar-refractivity contribution in [2.24, 2.45) is 0 Å². The lowest BCUT2D eigenvalue weighted by Crippen LogP contribution is -2.15. The highest BCUT2D eigenvalue weighted by Gasteiger charge is 2.13. The smallest absolute Gasteiger partial charge is 0.337 e. The second-order valence-electron chi connectivity index (χ2n) is 4.55. The maximum absolute atomic E-state index is 12.1. The van der Waals surface area contributed by atoms with Crippen LogP contribution in [-0.2, 0) is 0 Å². The number of pyridine rings is 1. The first-order chi connectivity index (χ1) is 9.88. The lowest BCUT2D eigenvalue weighted by molar-refractivity contribution is 0.0695. The van der Waals surface area contributed by atoms with E-state index in [1.807, 2.05) is 13.0 Å². The quantitative estimate of drug-likeness (QED) is 0.890. The summed E-state index contributed by atoms with van der Waals surface area (Å²) in [7, 11) is 0. The second-order valence-corrected chi connectivity index (χ2v) is 5.41. The monoisotopic (exact) mass is 348 g/mol. The molecule has 1 heterocycles. The SMILES string of the molecule is Cc1ccc(NC(=O)c2ccc(C(=O)O)c(C)n2)cc1Br. The van der Waals surface area contributed by atoms with Gasteiger partial charge in [0.05, 0.1) is 11.3 Å². The molecule has 0 saturated heterocycles. The molecule has 0 bridgehead atoms. The fourth-order valence-corrected chi connectivity index (χ4v) is 2.16. The molecule has 2 rings (SSSR count). The number of rotatable bonds is 3. The highest BCUT2D eigenvalue weighted by molar-refractivity contribution is 9.10. The van der Waals surface area contributed by atoms with Gasteiger partial charge in [0.25, 0.3) is 5.91 Å². The van der Waals surface area contributed by atoms with E-state index < -0.39 is 5.97 Å². The number of anilines is 1. The average Bonchev–Trinajstić information content (AvgIpc) is 2.42. The number of amides is 1. The molecular formula is C15H13BrN2O3. The first kappa shape index (κ1) is 15.2. The number of aromatic nitrogens is 1. The molecule has 108 valence electrons. The van der Waals surface area contributed by atoms with Crippen molar-refractivity contribution in [2.75, 3.05) is 5.32 Å².